The lowest BCUT2D eigenvalue weighted by Gasteiger charge is -2.39. The van der Waals surface area contributed by atoms with E-state index >= 15 is 0 Å². The molecule has 3 aromatic carbocycles. The van der Waals surface area contributed by atoms with Crippen molar-refractivity contribution in [3.63, 3.8) is 0 Å². The van der Waals surface area contributed by atoms with Gasteiger partial charge in [0.1, 0.15) is 5.75 Å². The third-order valence-electron chi connectivity index (χ3n) is 7.24. The first-order chi connectivity index (χ1) is 20.5. The van der Waals surface area contributed by atoms with E-state index in [9.17, 15) is 9.59 Å². The van der Waals surface area contributed by atoms with Crippen molar-refractivity contribution < 1.29 is 14.3 Å². The molecule has 0 aliphatic carbocycles. The smallest absolute Gasteiger partial charge is 0.246 e. The summed E-state index contributed by atoms with van der Waals surface area (Å²) in [6, 6.07) is 27.6. The summed E-state index contributed by atoms with van der Waals surface area (Å²) in [6.07, 6.45) is 4.62. The van der Waals surface area contributed by atoms with E-state index in [4.69, 9.17) is 4.74 Å². The Morgan fingerprint density at radius 1 is 0.952 bits per heavy atom. The molecular formula is C33H35N5O3S. The Labute approximate surface area is 251 Å². The van der Waals surface area contributed by atoms with Crippen molar-refractivity contribution in [1.82, 2.24) is 24.6 Å². The second-order valence-electron chi connectivity index (χ2n) is 10.1. The van der Waals surface area contributed by atoms with Crippen molar-refractivity contribution >= 4 is 29.7 Å². The van der Waals surface area contributed by atoms with E-state index in [1.165, 1.54) is 0 Å². The van der Waals surface area contributed by atoms with Gasteiger partial charge in [0.05, 0.1) is 7.11 Å². The third kappa shape index (κ3) is 7.09. The van der Waals surface area contributed by atoms with Gasteiger partial charge in [-0.3, -0.25) is 14.2 Å². The molecule has 1 aliphatic rings. The van der Waals surface area contributed by atoms with Crippen LogP contribution in [0.3, 0.4) is 0 Å². The number of carbonyl (C=O) groups is 2. The predicted octanol–water partition coefficient (Wildman–Crippen LogP) is 5.59. The SMILES string of the molecule is COc1ccc(-n2c(SCCCC(=O)N3CCN(C(=O)/C=C/c4ccccc4)C(C)C3)nnc2-c2ccccc2)cc1. The lowest BCUT2D eigenvalue weighted by atomic mass is 10.1. The number of rotatable bonds is 10. The number of thioether (sulfide) groups is 1. The Bertz CT molecular complexity index is 1510. The lowest BCUT2D eigenvalue weighted by molar-refractivity contribution is -0.139. The molecule has 216 valence electrons. The zero-order valence-electron chi connectivity index (χ0n) is 23.9. The van der Waals surface area contributed by atoms with Crippen LogP contribution in [0.4, 0.5) is 0 Å². The van der Waals surface area contributed by atoms with Crippen molar-refractivity contribution in [2.45, 2.75) is 31.0 Å². The molecule has 0 spiro atoms. The maximum Gasteiger partial charge on any atom is 0.246 e. The molecule has 4 aromatic rings. The average Bonchev–Trinajstić information content (AvgIpc) is 3.46. The first-order valence-corrected chi connectivity index (χ1v) is 15.1. The molecule has 8 nitrogen and oxygen atoms in total. The van der Waals surface area contributed by atoms with E-state index in [0.29, 0.717) is 32.5 Å². The van der Waals surface area contributed by atoms with Gasteiger partial charge in [-0.2, -0.15) is 0 Å². The minimum Gasteiger partial charge on any atom is -0.497 e. The van der Waals surface area contributed by atoms with Crippen molar-refractivity contribution in [3.05, 3.63) is 96.6 Å². The third-order valence-corrected chi connectivity index (χ3v) is 8.26. The van der Waals surface area contributed by atoms with Gasteiger partial charge in [-0.25, -0.2) is 0 Å². The summed E-state index contributed by atoms with van der Waals surface area (Å²) in [4.78, 5) is 29.5. The number of hydrogen-bond acceptors (Lipinski definition) is 6. The highest BCUT2D eigenvalue weighted by atomic mass is 32.2. The zero-order valence-corrected chi connectivity index (χ0v) is 24.7. The summed E-state index contributed by atoms with van der Waals surface area (Å²) >= 11 is 1.59. The van der Waals surface area contributed by atoms with Crippen LogP contribution in [-0.4, -0.2) is 74.9 Å². The number of amides is 2. The molecular weight excluding hydrogens is 546 g/mol. The molecule has 0 bridgehead atoms. The molecule has 0 saturated carbocycles. The monoisotopic (exact) mass is 581 g/mol. The van der Waals surface area contributed by atoms with Crippen molar-refractivity contribution in [3.8, 4) is 22.8 Å². The number of piperazine rings is 1. The van der Waals surface area contributed by atoms with Gasteiger partial charge in [0.2, 0.25) is 11.8 Å². The summed E-state index contributed by atoms with van der Waals surface area (Å²) in [5.74, 6) is 2.37. The normalized spacial score (nSPS) is 15.2. The molecule has 1 aromatic heterocycles. The van der Waals surface area contributed by atoms with E-state index in [1.54, 1.807) is 24.9 Å². The topological polar surface area (TPSA) is 80.6 Å². The maximum absolute atomic E-state index is 13.0. The van der Waals surface area contributed by atoms with Gasteiger partial charge in [0.15, 0.2) is 11.0 Å². The Hall–Kier alpha value is -4.37. The number of benzene rings is 3. The zero-order chi connectivity index (χ0) is 29.3. The second-order valence-corrected chi connectivity index (χ2v) is 11.2. The number of carbonyl (C=O) groups excluding carboxylic acids is 2. The fraction of sp³-hybridized carbons (Fsp3) is 0.273. The quantitative estimate of drug-likeness (QED) is 0.138. The standard InChI is InChI=1S/C33H35N5O3S/c1-25-24-36(21-22-37(25)31(40)20-15-26-10-5-3-6-11-26)30(39)14-9-23-42-33-35-34-32(27-12-7-4-8-13-27)38(33)28-16-18-29(41-2)19-17-28/h3-8,10-13,15-20,25H,9,14,21-24H2,1-2H3/b20-15+. The summed E-state index contributed by atoms with van der Waals surface area (Å²) < 4.78 is 7.38. The van der Waals surface area contributed by atoms with Gasteiger partial charge in [0.25, 0.3) is 0 Å². The molecule has 9 heteroatoms. The number of ether oxygens (including phenoxy) is 1. The molecule has 2 amide bonds. The minimum atomic E-state index is -0.0375. The van der Waals surface area contributed by atoms with Crippen molar-refractivity contribution in [1.29, 1.82) is 0 Å². The highest BCUT2D eigenvalue weighted by molar-refractivity contribution is 7.99. The largest absolute Gasteiger partial charge is 0.497 e. The van der Waals surface area contributed by atoms with Crippen LogP contribution in [0.2, 0.25) is 0 Å². The van der Waals surface area contributed by atoms with Gasteiger partial charge in [0, 0.05) is 55.2 Å². The van der Waals surface area contributed by atoms with Gasteiger partial charge in [-0.1, -0.05) is 72.4 Å². The fourth-order valence-corrected chi connectivity index (χ4v) is 5.88. The van der Waals surface area contributed by atoms with Crippen LogP contribution in [0, 0.1) is 0 Å². The van der Waals surface area contributed by atoms with E-state index in [2.05, 4.69) is 10.2 Å². The Morgan fingerprint density at radius 3 is 2.36 bits per heavy atom. The molecule has 1 aliphatic heterocycles. The molecule has 0 N–H and O–H groups in total. The van der Waals surface area contributed by atoms with Gasteiger partial charge in [-0.15, -0.1) is 10.2 Å². The van der Waals surface area contributed by atoms with E-state index in [1.807, 2.05) is 112 Å². The number of aromatic nitrogens is 3. The minimum absolute atomic E-state index is 0.0225. The van der Waals surface area contributed by atoms with Gasteiger partial charge in [-0.05, 0) is 49.2 Å². The Morgan fingerprint density at radius 2 is 1.67 bits per heavy atom. The highest BCUT2D eigenvalue weighted by Crippen LogP contribution is 2.29. The summed E-state index contributed by atoms with van der Waals surface area (Å²) in [7, 11) is 1.65. The van der Waals surface area contributed by atoms with Crippen LogP contribution in [0.25, 0.3) is 23.2 Å². The Balaban J connectivity index is 1.15. The number of hydrogen-bond donors (Lipinski definition) is 0. The molecule has 1 fully saturated rings. The van der Waals surface area contributed by atoms with E-state index in [-0.39, 0.29) is 17.9 Å². The second kappa shape index (κ2) is 14.0. The lowest BCUT2D eigenvalue weighted by Crippen LogP contribution is -2.55. The van der Waals surface area contributed by atoms with E-state index in [0.717, 1.165) is 39.3 Å². The van der Waals surface area contributed by atoms with Gasteiger partial charge < -0.3 is 14.5 Å². The fourth-order valence-electron chi connectivity index (χ4n) is 4.99. The molecule has 1 unspecified atom stereocenters. The van der Waals surface area contributed by atoms with Crippen molar-refractivity contribution in [2.75, 3.05) is 32.5 Å². The Kier molecular flexibility index (Phi) is 9.71. The molecule has 2 heterocycles. The molecule has 0 radical (unpaired) electrons. The van der Waals surface area contributed by atoms with Crippen molar-refractivity contribution in [2.24, 2.45) is 0 Å². The van der Waals surface area contributed by atoms with Crippen LogP contribution in [0.1, 0.15) is 25.3 Å². The highest BCUT2D eigenvalue weighted by Gasteiger charge is 2.28. The average molecular weight is 582 g/mol. The van der Waals surface area contributed by atoms with Gasteiger partial charge >= 0.3 is 0 Å². The van der Waals surface area contributed by atoms with Crippen LogP contribution in [0.15, 0.2) is 96.2 Å². The summed E-state index contributed by atoms with van der Waals surface area (Å²) in [5.41, 5.74) is 2.91. The summed E-state index contributed by atoms with van der Waals surface area (Å²) in [6.45, 7) is 3.63. The van der Waals surface area contributed by atoms with E-state index < -0.39 is 0 Å². The maximum atomic E-state index is 13.0. The van der Waals surface area contributed by atoms with Crippen LogP contribution >= 0.6 is 11.8 Å². The number of nitrogens with zero attached hydrogens (tertiary/aromatic N) is 5. The summed E-state index contributed by atoms with van der Waals surface area (Å²) in [5, 5.41) is 9.77. The molecule has 1 atom stereocenters. The first kappa shape index (κ1) is 29.1. The van der Waals surface area contributed by atoms with Crippen LogP contribution in [0.5, 0.6) is 5.75 Å². The molecule has 42 heavy (non-hydrogen) atoms. The molecule has 5 rings (SSSR count). The van der Waals surface area contributed by atoms with Crippen LogP contribution < -0.4 is 4.74 Å². The molecule has 1 saturated heterocycles. The predicted molar refractivity (Wildman–Crippen MR) is 167 cm³/mol. The van der Waals surface area contributed by atoms with Crippen LogP contribution in [-0.2, 0) is 9.59 Å². The number of methoxy groups -OCH3 is 1. The first-order valence-electron chi connectivity index (χ1n) is 14.1.